The minimum Gasteiger partial charge on any atom is -0.261 e. The molecule has 2 aromatic rings. The summed E-state index contributed by atoms with van der Waals surface area (Å²) in [6.45, 7) is 6.31. The monoisotopic (exact) mass is 201 g/mol. The van der Waals surface area contributed by atoms with Crippen LogP contribution in [0.4, 0.5) is 0 Å². The molecule has 2 rings (SSSR count). The molecule has 0 aliphatic carbocycles. The van der Waals surface area contributed by atoms with E-state index in [1.165, 1.54) is 5.56 Å². The van der Waals surface area contributed by atoms with Crippen LogP contribution in [0, 0.1) is 6.92 Å². The van der Waals surface area contributed by atoms with Crippen LogP contribution in [-0.4, -0.2) is 14.8 Å². The summed E-state index contributed by atoms with van der Waals surface area (Å²) in [5.41, 5.74) is 3.33. The highest BCUT2D eigenvalue weighted by Gasteiger charge is 2.04. The zero-order valence-corrected chi connectivity index (χ0v) is 9.31. The molecule has 0 N–H and O–H groups in total. The standard InChI is InChI=1S/C12H15N3/c1-9(2)11-7-14-15(8-11)12-4-5-13-10(3)6-12/h4-9H,1-3H3. The Morgan fingerprint density at radius 3 is 2.73 bits per heavy atom. The van der Waals surface area contributed by atoms with Crippen LogP contribution in [0.5, 0.6) is 0 Å². The van der Waals surface area contributed by atoms with Gasteiger partial charge in [0.15, 0.2) is 0 Å². The Labute approximate surface area is 89.8 Å². The van der Waals surface area contributed by atoms with Crippen molar-refractivity contribution in [3.8, 4) is 5.69 Å². The molecule has 0 saturated carbocycles. The van der Waals surface area contributed by atoms with Crippen molar-refractivity contribution in [2.45, 2.75) is 26.7 Å². The maximum atomic E-state index is 4.34. The first-order valence-electron chi connectivity index (χ1n) is 5.14. The van der Waals surface area contributed by atoms with E-state index in [-0.39, 0.29) is 0 Å². The van der Waals surface area contributed by atoms with Crippen molar-refractivity contribution in [2.24, 2.45) is 0 Å². The molecule has 0 saturated heterocycles. The third kappa shape index (κ3) is 2.06. The number of hydrogen-bond donors (Lipinski definition) is 0. The molecular formula is C12H15N3. The number of pyridine rings is 1. The minimum atomic E-state index is 0.515. The SMILES string of the molecule is Cc1cc(-n2cc(C(C)C)cn2)ccn1. The molecule has 0 radical (unpaired) electrons. The lowest BCUT2D eigenvalue weighted by molar-refractivity contribution is 0.856. The minimum absolute atomic E-state index is 0.515. The fraction of sp³-hybridized carbons (Fsp3) is 0.333. The fourth-order valence-corrected chi connectivity index (χ4v) is 1.45. The Kier molecular flexibility index (Phi) is 2.54. The van der Waals surface area contributed by atoms with Gasteiger partial charge in [-0.3, -0.25) is 4.98 Å². The molecule has 3 nitrogen and oxygen atoms in total. The van der Waals surface area contributed by atoms with E-state index in [4.69, 9.17) is 0 Å². The van der Waals surface area contributed by atoms with Crippen molar-refractivity contribution in [1.82, 2.24) is 14.8 Å². The second-order valence-corrected chi connectivity index (χ2v) is 4.03. The summed E-state index contributed by atoms with van der Waals surface area (Å²) in [6.07, 6.45) is 5.79. The third-order valence-electron chi connectivity index (χ3n) is 2.41. The van der Waals surface area contributed by atoms with Gasteiger partial charge in [-0.15, -0.1) is 0 Å². The molecule has 0 aliphatic rings. The molecule has 0 bridgehead atoms. The van der Waals surface area contributed by atoms with Gasteiger partial charge in [0.2, 0.25) is 0 Å². The second-order valence-electron chi connectivity index (χ2n) is 4.03. The predicted molar refractivity (Wildman–Crippen MR) is 60.2 cm³/mol. The molecule has 0 aliphatic heterocycles. The number of rotatable bonds is 2. The molecule has 0 spiro atoms. The molecule has 2 aromatic heterocycles. The fourth-order valence-electron chi connectivity index (χ4n) is 1.45. The van der Waals surface area contributed by atoms with E-state index in [2.05, 4.69) is 30.1 Å². The maximum Gasteiger partial charge on any atom is 0.0679 e. The first kappa shape index (κ1) is 9.90. The van der Waals surface area contributed by atoms with Crippen molar-refractivity contribution in [3.05, 3.63) is 42.0 Å². The van der Waals surface area contributed by atoms with E-state index in [0.717, 1.165) is 11.4 Å². The predicted octanol–water partition coefficient (Wildman–Crippen LogP) is 2.70. The smallest absolute Gasteiger partial charge is 0.0679 e. The summed E-state index contributed by atoms with van der Waals surface area (Å²) >= 11 is 0. The van der Waals surface area contributed by atoms with Gasteiger partial charge in [-0.05, 0) is 30.5 Å². The van der Waals surface area contributed by atoms with Crippen molar-refractivity contribution >= 4 is 0 Å². The lowest BCUT2D eigenvalue weighted by atomic mass is 10.1. The molecule has 15 heavy (non-hydrogen) atoms. The van der Waals surface area contributed by atoms with Gasteiger partial charge < -0.3 is 0 Å². The van der Waals surface area contributed by atoms with Crippen molar-refractivity contribution in [2.75, 3.05) is 0 Å². The van der Waals surface area contributed by atoms with Crippen molar-refractivity contribution in [1.29, 1.82) is 0 Å². The van der Waals surface area contributed by atoms with Crippen LogP contribution in [0.25, 0.3) is 5.69 Å². The molecule has 3 heteroatoms. The van der Waals surface area contributed by atoms with Gasteiger partial charge in [-0.25, -0.2) is 4.68 Å². The third-order valence-corrected chi connectivity index (χ3v) is 2.41. The van der Waals surface area contributed by atoms with Gasteiger partial charge in [0.05, 0.1) is 11.9 Å². The molecule has 0 atom stereocenters. The lowest BCUT2D eigenvalue weighted by Gasteiger charge is -2.01. The first-order chi connectivity index (χ1) is 7.16. The number of nitrogens with zero attached hydrogens (tertiary/aromatic N) is 3. The summed E-state index contributed by atoms with van der Waals surface area (Å²) < 4.78 is 1.89. The van der Waals surface area contributed by atoms with Gasteiger partial charge in [-0.1, -0.05) is 13.8 Å². The average molecular weight is 201 g/mol. The van der Waals surface area contributed by atoms with Crippen molar-refractivity contribution < 1.29 is 0 Å². The summed E-state index contributed by atoms with van der Waals surface area (Å²) in [5.74, 6) is 0.515. The molecule has 78 valence electrons. The number of hydrogen-bond acceptors (Lipinski definition) is 2. The van der Waals surface area contributed by atoms with Crippen LogP contribution in [0.2, 0.25) is 0 Å². The van der Waals surface area contributed by atoms with Gasteiger partial charge in [-0.2, -0.15) is 5.10 Å². The summed E-state index contributed by atoms with van der Waals surface area (Å²) in [5, 5.41) is 4.34. The van der Waals surface area contributed by atoms with Crippen LogP contribution >= 0.6 is 0 Å². The van der Waals surface area contributed by atoms with Gasteiger partial charge in [0, 0.05) is 18.1 Å². The average Bonchev–Trinajstić information content (AvgIpc) is 2.66. The van der Waals surface area contributed by atoms with Gasteiger partial charge in [0.25, 0.3) is 0 Å². The van der Waals surface area contributed by atoms with Crippen LogP contribution in [0.1, 0.15) is 31.0 Å². The normalized spacial score (nSPS) is 10.9. The van der Waals surface area contributed by atoms with Crippen LogP contribution in [0.15, 0.2) is 30.7 Å². The summed E-state index contributed by atoms with van der Waals surface area (Å²) in [7, 11) is 0. The van der Waals surface area contributed by atoms with E-state index in [9.17, 15) is 0 Å². The Balaban J connectivity index is 2.37. The number of aryl methyl sites for hydroxylation is 1. The molecule has 0 unspecified atom stereocenters. The molecule has 0 amide bonds. The Hall–Kier alpha value is -1.64. The highest BCUT2D eigenvalue weighted by atomic mass is 15.3. The highest BCUT2D eigenvalue weighted by Crippen LogP contribution is 2.15. The summed E-state index contributed by atoms with van der Waals surface area (Å²) in [4.78, 5) is 4.17. The van der Waals surface area contributed by atoms with Crippen LogP contribution in [0.3, 0.4) is 0 Å². The van der Waals surface area contributed by atoms with E-state index in [1.807, 2.05) is 29.9 Å². The maximum absolute atomic E-state index is 4.34. The Morgan fingerprint density at radius 2 is 2.13 bits per heavy atom. The van der Waals surface area contributed by atoms with E-state index in [1.54, 1.807) is 6.20 Å². The Morgan fingerprint density at radius 1 is 1.33 bits per heavy atom. The molecule has 0 fully saturated rings. The van der Waals surface area contributed by atoms with Crippen molar-refractivity contribution in [3.63, 3.8) is 0 Å². The van der Waals surface area contributed by atoms with Crippen LogP contribution < -0.4 is 0 Å². The topological polar surface area (TPSA) is 30.7 Å². The quantitative estimate of drug-likeness (QED) is 0.748. The van der Waals surface area contributed by atoms with Gasteiger partial charge in [0.1, 0.15) is 0 Å². The van der Waals surface area contributed by atoms with E-state index < -0.39 is 0 Å². The number of aromatic nitrogens is 3. The molecular weight excluding hydrogens is 186 g/mol. The van der Waals surface area contributed by atoms with E-state index >= 15 is 0 Å². The summed E-state index contributed by atoms with van der Waals surface area (Å²) in [6, 6.07) is 3.99. The molecule has 2 heterocycles. The lowest BCUT2D eigenvalue weighted by Crippen LogP contribution is -1.95. The Bertz CT molecular complexity index is 457. The molecule has 0 aromatic carbocycles. The van der Waals surface area contributed by atoms with Crippen LogP contribution in [-0.2, 0) is 0 Å². The first-order valence-corrected chi connectivity index (χ1v) is 5.14. The zero-order valence-electron chi connectivity index (χ0n) is 9.31. The van der Waals surface area contributed by atoms with E-state index in [0.29, 0.717) is 5.92 Å². The largest absolute Gasteiger partial charge is 0.261 e. The zero-order chi connectivity index (χ0) is 10.8. The van der Waals surface area contributed by atoms with Gasteiger partial charge >= 0.3 is 0 Å². The highest BCUT2D eigenvalue weighted by molar-refractivity contribution is 5.31. The second kappa shape index (κ2) is 3.85.